The van der Waals surface area contributed by atoms with Crippen LogP contribution in [0.2, 0.25) is 10.0 Å². The van der Waals surface area contributed by atoms with Crippen LogP contribution in [0.25, 0.3) is 33.9 Å². The summed E-state index contributed by atoms with van der Waals surface area (Å²) >= 11 is 12.7. The molecule has 1 aromatic heterocycles. The summed E-state index contributed by atoms with van der Waals surface area (Å²) in [5, 5.41) is 1.00. The van der Waals surface area contributed by atoms with Crippen molar-refractivity contribution in [1.82, 2.24) is 9.97 Å². The first-order valence-electron chi connectivity index (χ1n) is 8.41. The first-order valence-corrected chi connectivity index (χ1v) is 9.17. The van der Waals surface area contributed by atoms with E-state index in [1.807, 2.05) is 66.7 Å². The SMILES string of the molecule is COc1cccc(-c2nc(-c3ccccc3)c(-c3cccc(Cl)c3Cl)[nH]2)c1. The van der Waals surface area contributed by atoms with Crippen LogP contribution in [0.1, 0.15) is 0 Å². The van der Waals surface area contributed by atoms with E-state index >= 15 is 0 Å². The Labute approximate surface area is 167 Å². The molecule has 0 spiro atoms. The molecule has 0 fully saturated rings. The molecule has 0 radical (unpaired) electrons. The van der Waals surface area contributed by atoms with Crippen molar-refractivity contribution in [2.75, 3.05) is 7.11 Å². The van der Waals surface area contributed by atoms with Gasteiger partial charge < -0.3 is 9.72 Å². The molecule has 3 nitrogen and oxygen atoms in total. The van der Waals surface area contributed by atoms with Crippen molar-refractivity contribution in [3.63, 3.8) is 0 Å². The van der Waals surface area contributed by atoms with Gasteiger partial charge in [-0.25, -0.2) is 4.98 Å². The van der Waals surface area contributed by atoms with Gasteiger partial charge in [-0.1, -0.05) is 77.8 Å². The van der Waals surface area contributed by atoms with Crippen molar-refractivity contribution < 1.29 is 4.74 Å². The maximum atomic E-state index is 6.49. The fraction of sp³-hybridized carbons (Fsp3) is 0.0455. The third-order valence-corrected chi connectivity index (χ3v) is 5.13. The lowest BCUT2D eigenvalue weighted by Gasteiger charge is -2.06. The first-order chi connectivity index (χ1) is 13.2. The monoisotopic (exact) mass is 394 g/mol. The molecule has 0 atom stereocenters. The molecule has 3 aromatic carbocycles. The maximum Gasteiger partial charge on any atom is 0.138 e. The number of rotatable bonds is 4. The maximum absolute atomic E-state index is 6.49. The number of hydrogen-bond acceptors (Lipinski definition) is 2. The molecule has 0 saturated carbocycles. The molecule has 4 aromatic rings. The topological polar surface area (TPSA) is 37.9 Å². The van der Waals surface area contributed by atoms with Crippen molar-refractivity contribution in [3.8, 4) is 39.7 Å². The van der Waals surface area contributed by atoms with Crippen molar-refractivity contribution in [2.45, 2.75) is 0 Å². The number of H-pyrrole nitrogens is 1. The van der Waals surface area contributed by atoms with E-state index in [0.29, 0.717) is 10.0 Å². The summed E-state index contributed by atoms with van der Waals surface area (Å²) in [4.78, 5) is 8.28. The molecule has 1 N–H and O–H groups in total. The minimum atomic E-state index is 0.497. The number of methoxy groups -OCH3 is 1. The van der Waals surface area contributed by atoms with Gasteiger partial charge in [0.1, 0.15) is 11.6 Å². The highest BCUT2D eigenvalue weighted by atomic mass is 35.5. The van der Waals surface area contributed by atoms with Gasteiger partial charge in [0.15, 0.2) is 0 Å². The number of nitrogens with one attached hydrogen (secondary N) is 1. The van der Waals surface area contributed by atoms with Crippen molar-refractivity contribution in [3.05, 3.63) is 82.8 Å². The van der Waals surface area contributed by atoms with Gasteiger partial charge in [0.2, 0.25) is 0 Å². The Kier molecular flexibility index (Phi) is 4.88. The van der Waals surface area contributed by atoms with Crippen LogP contribution in [0, 0.1) is 0 Å². The number of aromatic nitrogens is 2. The zero-order valence-electron chi connectivity index (χ0n) is 14.5. The van der Waals surface area contributed by atoms with Crippen LogP contribution >= 0.6 is 23.2 Å². The molecule has 0 aliphatic heterocycles. The smallest absolute Gasteiger partial charge is 0.138 e. The molecule has 5 heteroatoms. The van der Waals surface area contributed by atoms with E-state index in [0.717, 1.165) is 39.7 Å². The minimum absolute atomic E-state index is 0.497. The van der Waals surface area contributed by atoms with Gasteiger partial charge in [-0.05, 0) is 18.2 Å². The molecule has 0 unspecified atom stereocenters. The van der Waals surface area contributed by atoms with Crippen molar-refractivity contribution in [1.29, 1.82) is 0 Å². The first kappa shape index (κ1) is 17.7. The second-order valence-electron chi connectivity index (χ2n) is 6.01. The molecule has 0 aliphatic rings. The number of nitrogens with zero attached hydrogens (tertiary/aromatic N) is 1. The Balaban J connectivity index is 1.94. The molecule has 0 aliphatic carbocycles. The summed E-state index contributed by atoms with van der Waals surface area (Å²) in [5.41, 5.74) is 4.37. The second-order valence-corrected chi connectivity index (χ2v) is 6.79. The van der Waals surface area contributed by atoms with E-state index in [1.165, 1.54) is 0 Å². The van der Waals surface area contributed by atoms with Gasteiger partial charge in [0.25, 0.3) is 0 Å². The van der Waals surface area contributed by atoms with Gasteiger partial charge in [-0.15, -0.1) is 0 Å². The Morgan fingerprint density at radius 3 is 2.37 bits per heavy atom. The zero-order chi connectivity index (χ0) is 18.8. The Morgan fingerprint density at radius 1 is 0.852 bits per heavy atom. The van der Waals surface area contributed by atoms with E-state index < -0.39 is 0 Å². The number of benzene rings is 3. The summed E-state index contributed by atoms with van der Waals surface area (Å²) in [6.45, 7) is 0. The molecule has 0 saturated heterocycles. The third kappa shape index (κ3) is 3.44. The fourth-order valence-electron chi connectivity index (χ4n) is 2.98. The average molecular weight is 395 g/mol. The van der Waals surface area contributed by atoms with Crippen LogP contribution in [0.3, 0.4) is 0 Å². The largest absolute Gasteiger partial charge is 0.497 e. The molecular formula is C22H16Cl2N2O. The van der Waals surface area contributed by atoms with E-state index in [-0.39, 0.29) is 0 Å². The lowest BCUT2D eigenvalue weighted by atomic mass is 10.1. The van der Waals surface area contributed by atoms with Crippen LogP contribution in [-0.4, -0.2) is 17.1 Å². The van der Waals surface area contributed by atoms with Gasteiger partial charge in [0.05, 0.1) is 28.5 Å². The Bertz CT molecular complexity index is 1090. The highest BCUT2D eigenvalue weighted by Crippen LogP contribution is 2.39. The predicted molar refractivity (Wildman–Crippen MR) is 111 cm³/mol. The average Bonchev–Trinajstić information content (AvgIpc) is 3.16. The number of halogens is 2. The predicted octanol–water partition coefficient (Wildman–Crippen LogP) is 6.73. The highest BCUT2D eigenvalue weighted by Gasteiger charge is 2.18. The quantitative estimate of drug-likeness (QED) is 0.416. The lowest BCUT2D eigenvalue weighted by Crippen LogP contribution is -1.86. The molecule has 4 rings (SSSR count). The van der Waals surface area contributed by atoms with Gasteiger partial charge in [0, 0.05) is 16.7 Å². The Hall–Kier alpha value is -2.75. The minimum Gasteiger partial charge on any atom is -0.497 e. The van der Waals surface area contributed by atoms with Gasteiger partial charge >= 0.3 is 0 Å². The van der Waals surface area contributed by atoms with E-state index in [9.17, 15) is 0 Å². The molecule has 1 heterocycles. The number of aromatic amines is 1. The molecule has 134 valence electrons. The third-order valence-electron chi connectivity index (χ3n) is 4.32. The lowest BCUT2D eigenvalue weighted by molar-refractivity contribution is 0.415. The highest BCUT2D eigenvalue weighted by molar-refractivity contribution is 6.43. The Morgan fingerprint density at radius 2 is 1.59 bits per heavy atom. The molecular weight excluding hydrogens is 379 g/mol. The van der Waals surface area contributed by atoms with Crippen molar-refractivity contribution in [2.24, 2.45) is 0 Å². The molecule has 0 amide bonds. The standard InChI is InChI=1S/C22H16Cl2N2O/c1-27-16-10-5-9-15(13-16)22-25-20(14-7-3-2-4-8-14)21(26-22)17-11-6-12-18(23)19(17)24/h2-13H,1H3,(H,25,26). The summed E-state index contributed by atoms with van der Waals surface area (Å²) in [5.74, 6) is 1.51. The van der Waals surface area contributed by atoms with Crippen molar-refractivity contribution >= 4 is 23.2 Å². The van der Waals surface area contributed by atoms with Crippen LogP contribution < -0.4 is 4.74 Å². The number of hydrogen-bond donors (Lipinski definition) is 1. The summed E-state index contributed by atoms with van der Waals surface area (Å²) < 4.78 is 5.34. The fourth-order valence-corrected chi connectivity index (χ4v) is 3.37. The number of ether oxygens (including phenoxy) is 1. The van der Waals surface area contributed by atoms with E-state index in [1.54, 1.807) is 13.2 Å². The van der Waals surface area contributed by atoms with Crippen LogP contribution in [0.5, 0.6) is 5.75 Å². The summed E-state index contributed by atoms with van der Waals surface area (Å²) in [7, 11) is 1.65. The molecule has 0 bridgehead atoms. The van der Waals surface area contributed by atoms with E-state index in [4.69, 9.17) is 32.9 Å². The van der Waals surface area contributed by atoms with Gasteiger partial charge in [-0.3, -0.25) is 0 Å². The van der Waals surface area contributed by atoms with Crippen LogP contribution in [-0.2, 0) is 0 Å². The van der Waals surface area contributed by atoms with Crippen LogP contribution in [0.15, 0.2) is 72.8 Å². The van der Waals surface area contributed by atoms with Gasteiger partial charge in [-0.2, -0.15) is 0 Å². The second kappa shape index (κ2) is 7.47. The zero-order valence-corrected chi connectivity index (χ0v) is 16.1. The normalized spacial score (nSPS) is 10.8. The molecule has 27 heavy (non-hydrogen) atoms. The van der Waals surface area contributed by atoms with Crippen LogP contribution in [0.4, 0.5) is 0 Å². The number of imidazole rings is 1. The summed E-state index contributed by atoms with van der Waals surface area (Å²) in [6.07, 6.45) is 0. The van der Waals surface area contributed by atoms with E-state index in [2.05, 4.69) is 4.98 Å². The summed E-state index contributed by atoms with van der Waals surface area (Å²) in [6, 6.07) is 23.3.